The lowest BCUT2D eigenvalue weighted by Crippen LogP contribution is -2.44. The molecule has 2 aliphatic rings. The number of aromatic nitrogens is 3. The summed E-state index contributed by atoms with van der Waals surface area (Å²) in [5, 5.41) is 3.35. The Hall–Kier alpha value is -2.60. The fourth-order valence-electron chi connectivity index (χ4n) is 4.09. The molecule has 1 aliphatic heterocycles. The molecule has 140 valence electrons. The fourth-order valence-corrected chi connectivity index (χ4v) is 4.09. The van der Waals surface area contributed by atoms with Gasteiger partial charge in [0.05, 0.1) is 11.0 Å². The van der Waals surface area contributed by atoms with E-state index in [1.165, 1.54) is 29.8 Å². The number of aromatic amines is 1. The summed E-state index contributed by atoms with van der Waals surface area (Å²) in [4.78, 5) is 17.7. The molecule has 0 unspecified atom stereocenters. The predicted molar refractivity (Wildman–Crippen MR) is 110 cm³/mol. The predicted octanol–water partition coefficient (Wildman–Crippen LogP) is 3.33. The van der Waals surface area contributed by atoms with Crippen molar-refractivity contribution in [2.45, 2.75) is 25.7 Å². The van der Waals surface area contributed by atoms with Gasteiger partial charge in [0.25, 0.3) is 0 Å². The van der Waals surface area contributed by atoms with Crippen LogP contribution in [0.4, 0.5) is 17.5 Å². The maximum absolute atomic E-state index is 4.79. The van der Waals surface area contributed by atoms with Gasteiger partial charge in [0.1, 0.15) is 5.82 Å². The number of imidazole rings is 1. The highest BCUT2D eigenvalue weighted by atomic mass is 15.2. The Morgan fingerprint density at radius 2 is 1.81 bits per heavy atom. The van der Waals surface area contributed by atoms with Crippen LogP contribution in [0.25, 0.3) is 11.0 Å². The zero-order valence-corrected chi connectivity index (χ0v) is 15.8. The van der Waals surface area contributed by atoms with Crippen LogP contribution >= 0.6 is 0 Å². The maximum Gasteiger partial charge on any atom is 0.206 e. The first-order chi connectivity index (χ1) is 13.2. The minimum Gasteiger partial charge on any atom is -0.369 e. The largest absolute Gasteiger partial charge is 0.369 e. The summed E-state index contributed by atoms with van der Waals surface area (Å²) in [7, 11) is 2.18. The summed E-state index contributed by atoms with van der Waals surface area (Å²) >= 11 is 0. The first-order valence-corrected chi connectivity index (χ1v) is 9.94. The number of aryl methyl sites for hydroxylation is 2. The van der Waals surface area contributed by atoms with E-state index < -0.39 is 0 Å². The minimum absolute atomic E-state index is 0.754. The first-order valence-electron chi connectivity index (χ1n) is 9.94. The Morgan fingerprint density at radius 3 is 2.70 bits per heavy atom. The van der Waals surface area contributed by atoms with Crippen LogP contribution in [-0.2, 0) is 12.8 Å². The highest BCUT2D eigenvalue weighted by Gasteiger charge is 2.16. The van der Waals surface area contributed by atoms with Crippen LogP contribution in [0.1, 0.15) is 24.1 Å². The van der Waals surface area contributed by atoms with E-state index in [0.29, 0.717) is 0 Å². The van der Waals surface area contributed by atoms with Crippen molar-refractivity contribution in [1.29, 1.82) is 0 Å². The van der Waals surface area contributed by atoms with Gasteiger partial charge in [0, 0.05) is 37.6 Å². The third-order valence-electron chi connectivity index (χ3n) is 5.76. The van der Waals surface area contributed by atoms with Gasteiger partial charge in [-0.1, -0.05) is 6.07 Å². The molecule has 2 aromatic heterocycles. The Morgan fingerprint density at radius 1 is 0.963 bits per heavy atom. The van der Waals surface area contributed by atoms with Crippen molar-refractivity contribution in [2.75, 3.05) is 43.4 Å². The highest BCUT2D eigenvalue weighted by Crippen LogP contribution is 2.25. The molecule has 3 heterocycles. The molecule has 0 amide bonds. The van der Waals surface area contributed by atoms with Crippen LogP contribution in [0, 0.1) is 0 Å². The van der Waals surface area contributed by atoms with Gasteiger partial charge in [0.2, 0.25) is 5.95 Å². The van der Waals surface area contributed by atoms with Crippen LogP contribution < -0.4 is 10.2 Å². The number of hydrogen-bond acceptors (Lipinski definition) is 5. The zero-order valence-electron chi connectivity index (χ0n) is 15.8. The number of likely N-dealkylation sites (N-methyl/N-ethyl adjacent to an activating group) is 1. The van der Waals surface area contributed by atoms with Gasteiger partial charge in [-0.2, -0.15) is 0 Å². The Bertz CT molecular complexity index is 954. The Labute approximate surface area is 159 Å². The lowest BCUT2D eigenvalue weighted by molar-refractivity contribution is 0.313. The van der Waals surface area contributed by atoms with Gasteiger partial charge in [0.15, 0.2) is 0 Å². The fraction of sp³-hybridized carbons (Fsp3) is 0.429. The summed E-state index contributed by atoms with van der Waals surface area (Å²) in [5.74, 6) is 1.62. The van der Waals surface area contributed by atoms with Crippen molar-refractivity contribution < 1.29 is 0 Å². The van der Waals surface area contributed by atoms with Gasteiger partial charge in [-0.25, -0.2) is 9.97 Å². The lowest BCUT2D eigenvalue weighted by Gasteiger charge is -2.34. The standard InChI is InChI=1S/C21H26N6/c1-26-10-12-27(13-11-26)16-7-8-18-19(14-16)24-21(23-18)25-20-9-6-15-4-2-3-5-17(15)22-20/h6-9,14H,2-5,10-13H2,1H3,(H2,22,23,24,25). The van der Waals surface area contributed by atoms with Crippen LogP contribution in [0.5, 0.6) is 0 Å². The van der Waals surface area contributed by atoms with E-state index in [2.05, 4.69) is 62.5 Å². The monoisotopic (exact) mass is 362 g/mol. The van der Waals surface area contributed by atoms with Gasteiger partial charge >= 0.3 is 0 Å². The second-order valence-electron chi connectivity index (χ2n) is 7.71. The number of benzene rings is 1. The zero-order chi connectivity index (χ0) is 18.2. The summed E-state index contributed by atoms with van der Waals surface area (Å²) in [6.07, 6.45) is 4.76. The summed E-state index contributed by atoms with van der Waals surface area (Å²) in [6, 6.07) is 10.8. The number of fused-ring (bicyclic) bond motifs is 2. The number of pyridine rings is 1. The summed E-state index contributed by atoms with van der Waals surface area (Å²) in [5.41, 5.74) is 5.94. The van der Waals surface area contributed by atoms with E-state index in [1.807, 2.05) is 0 Å². The molecule has 1 aliphatic carbocycles. The number of hydrogen-bond donors (Lipinski definition) is 2. The molecule has 27 heavy (non-hydrogen) atoms. The van der Waals surface area contributed by atoms with Crippen LogP contribution in [0.3, 0.4) is 0 Å². The number of piperazine rings is 1. The second kappa shape index (κ2) is 6.85. The maximum atomic E-state index is 4.79. The van der Waals surface area contributed by atoms with Gasteiger partial charge < -0.3 is 20.1 Å². The number of nitrogens with one attached hydrogen (secondary N) is 2. The van der Waals surface area contributed by atoms with Crippen LogP contribution in [0.15, 0.2) is 30.3 Å². The van der Waals surface area contributed by atoms with Crippen molar-refractivity contribution in [3.05, 3.63) is 41.6 Å². The molecule has 6 heteroatoms. The molecular weight excluding hydrogens is 336 g/mol. The number of nitrogens with zero attached hydrogens (tertiary/aromatic N) is 4. The summed E-state index contributed by atoms with van der Waals surface area (Å²) < 4.78 is 0. The quantitative estimate of drug-likeness (QED) is 0.748. The van der Waals surface area contributed by atoms with E-state index in [1.54, 1.807) is 0 Å². The number of H-pyrrole nitrogens is 1. The second-order valence-corrected chi connectivity index (χ2v) is 7.71. The number of anilines is 3. The lowest BCUT2D eigenvalue weighted by atomic mass is 9.96. The van der Waals surface area contributed by atoms with Crippen LogP contribution in [-0.4, -0.2) is 53.1 Å². The minimum atomic E-state index is 0.754. The molecule has 5 rings (SSSR count). The van der Waals surface area contributed by atoms with Crippen molar-refractivity contribution in [1.82, 2.24) is 19.9 Å². The smallest absolute Gasteiger partial charge is 0.206 e. The van der Waals surface area contributed by atoms with E-state index in [9.17, 15) is 0 Å². The molecule has 6 nitrogen and oxygen atoms in total. The molecule has 2 N–H and O–H groups in total. The van der Waals surface area contributed by atoms with Crippen molar-refractivity contribution >= 4 is 28.5 Å². The van der Waals surface area contributed by atoms with E-state index in [4.69, 9.17) is 4.98 Å². The average Bonchev–Trinajstić information content (AvgIpc) is 3.10. The SMILES string of the molecule is CN1CCN(c2ccc3nc(Nc4ccc5c(n4)CCCC5)[nH]c3c2)CC1. The van der Waals surface area contributed by atoms with Crippen molar-refractivity contribution in [3.63, 3.8) is 0 Å². The van der Waals surface area contributed by atoms with Crippen LogP contribution in [0.2, 0.25) is 0 Å². The molecule has 1 fully saturated rings. The van der Waals surface area contributed by atoms with E-state index in [0.717, 1.165) is 61.8 Å². The Kier molecular flexibility index (Phi) is 4.20. The molecule has 0 bridgehead atoms. The highest BCUT2D eigenvalue weighted by molar-refractivity contribution is 5.82. The normalized spacial score (nSPS) is 17.9. The number of rotatable bonds is 3. The molecule has 0 spiro atoms. The van der Waals surface area contributed by atoms with Crippen molar-refractivity contribution in [2.24, 2.45) is 0 Å². The Balaban J connectivity index is 1.37. The molecule has 3 aromatic rings. The summed E-state index contributed by atoms with van der Waals surface area (Å²) in [6.45, 7) is 4.36. The molecule has 0 radical (unpaired) electrons. The van der Waals surface area contributed by atoms with E-state index in [-0.39, 0.29) is 0 Å². The third kappa shape index (κ3) is 3.37. The van der Waals surface area contributed by atoms with Gasteiger partial charge in [-0.15, -0.1) is 0 Å². The first kappa shape index (κ1) is 16.6. The molecule has 1 saturated heterocycles. The molecular formula is C21H26N6. The average molecular weight is 362 g/mol. The molecule has 0 atom stereocenters. The topological polar surface area (TPSA) is 60.1 Å². The van der Waals surface area contributed by atoms with Gasteiger partial charge in [-0.3, -0.25) is 0 Å². The van der Waals surface area contributed by atoms with Crippen molar-refractivity contribution in [3.8, 4) is 0 Å². The van der Waals surface area contributed by atoms with Gasteiger partial charge in [-0.05, 0) is 62.6 Å². The molecule has 0 saturated carbocycles. The third-order valence-corrected chi connectivity index (χ3v) is 5.76. The van der Waals surface area contributed by atoms with E-state index >= 15 is 0 Å². The molecule has 1 aromatic carbocycles.